The predicted molar refractivity (Wildman–Crippen MR) is 81.8 cm³/mol. The lowest BCUT2D eigenvalue weighted by molar-refractivity contribution is -0.274. The summed E-state index contributed by atoms with van der Waals surface area (Å²) in [6, 6.07) is 9.77. The first kappa shape index (κ1) is 17.1. The van der Waals surface area contributed by atoms with E-state index in [0.29, 0.717) is 15.9 Å². The number of nitrogens with one attached hydrogen (secondary N) is 1. The molecule has 0 saturated heterocycles. The Kier molecular flexibility index (Phi) is 5.15. The zero-order valence-corrected chi connectivity index (χ0v) is 13.4. The van der Waals surface area contributed by atoms with Crippen molar-refractivity contribution in [2.45, 2.75) is 6.36 Å². The summed E-state index contributed by atoms with van der Waals surface area (Å²) >= 11 is 3.26. The molecule has 8 heteroatoms. The molecule has 2 aromatic rings. The molecule has 1 amide bonds. The first-order chi connectivity index (χ1) is 10.8. The maximum absolute atomic E-state index is 12.2. The number of hydrogen-bond donors (Lipinski definition) is 1. The Bertz CT molecular complexity index is 702. The van der Waals surface area contributed by atoms with Gasteiger partial charge in [0.25, 0.3) is 5.91 Å². The summed E-state index contributed by atoms with van der Waals surface area (Å²) in [5.74, 6) is -0.439. The molecular formula is C15H11BrF3NO3. The van der Waals surface area contributed by atoms with Crippen LogP contribution in [0.5, 0.6) is 11.5 Å². The van der Waals surface area contributed by atoms with Gasteiger partial charge in [0.05, 0.1) is 12.7 Å². The summed E-state index contributed by atoms with van der Waals surface area (Å²) in [6.07, 6.45) is -4.76. The van der Waals surface area contributed by atoms with Crippen molar-refractivity contribution in [3.63, 3.8) is 0 Å². The maximum Gasteiger partial charge on any atom is 0.573 e. The van der Waals surface area contributed by atoms with Crippen LogP contribution in [0.3, 0.4) is 0 Å². The molecule has 0 unspecified atom stereocenters. The van der Waals surface area contributed by atoms with E-state index in [2.05, 4.69) is 26.0 Å². The van der Waals surface area contributed by atoms with Gasteiger partial charge in [0.15, 0.2) is 0 Å². The number of benzene rings is 2. The third-order valence-electron chi connectivity index (χ3n) is 2.75. The summed E-state index contributed by atoms with van der Waals surface area (Å²) in [4.78, 5) is 12.2. The highest BCUT2D eigenvalue weighted by atomic mass is 79.9. The Morgan fingerprint density at radius 1 is 1.13 bits per heavy atom. The van der Waals surface area contributed by atoms with Crippen LogP contribution in [0.25, 0.3) is 0 Å². The molecule has 23 heavy (non-hydrogen) atoms. The molecule has 2 rings (SSSR count). The van der Waals surface area contributed by atoms with Gasteiger partial charge in [-0.15, -0.1) is 13.2 Å². The van der Waals surface area contributed by atoms with E-state index in [1.165, 1.54) is 19.2 Å². The second-order valence-electron chi connectivity index (χ2n) is 4.37. The molecule has 0 aliphatic rings. The van der Waals surface area contributed by atoms with Gasteiger partial charge in [-0.2, -0.15) is 0 Å². The number of carbonyl (C=O) groups excluding carboxylic acids is 1. The summed E-state index contributed by atoms with van der Waals surface area (Å²) in [5, 5.41) is 2.57. The number of ether oxygens (including phenoxy) is 2. The Labute approximate surface area is 138 Å². The molecule has 1 N–H and O–H groups in total. The lowest BCUT2D eigenvalue weighted by Gasteiger charge is -2.11. The minimum atomic E-state index is -4.76. The van der Waals surface area contributed by atoms with Crippen LogP contribution >= 0.6 is 15.9 Å². The molecular weight excluding hydrogens is 379 g/mol. The fourth-order valence-electron chi connectivity index (χ4n) is 1.80. The van der Waals surface area contributed by atoms with Gasteiger partial charge in [0, 0.05) is 10.2 Å². The van der Waals surface area contributed by atoms with E-state index in [9.17, 15) is 18.0 Å². The van der Waals surface area contributed by atoms with E-state index in [1.54, 1.807) is 18.2 Å². The van der Waals surface area contributed by atoms with Crippen molar-refractivity contribution in [3.8, 4) is 11.5 Å². The fourth-order valence-corrected chi connectivity index (χ4v) is 2.16. The molecule has 0 aliphatic carbocycles. The molecule has 0 bridgehead atoms. The topological polar surface area (TPSA) is 47.6 Å². The number of anilines is 1. The first-order valence-electron chi connectivity index (χ1n) is 6.29. The van der Waals surface area contributed by atoms with Gasteiger partial charge in [0.1, 0.15) is 11.5 Å². The monoisotopic (exact) mass is 389 g/mol. The highest BCUT2D eigenvalue weighted by Crippen LogP contribution is 2.26. The van der Waals surface area contributed by atoms with Crippen LogP contribution in [0.1, 0.15) is 10.4 Å². The van der Waals surface area contributed by atoms with Gasteiger partial charge < -0.3 is 14.8 Å². The van der Waals surface area contributed by atoms with Crippen LogP contribution in [-0.4, -0.2) is 19.4 Å². The molecule has 0 atom stereocenters. The lowest BCUT2D eigenvalue weighted by atomic mass is 10.2. The zero-order valence-electron chi connectivity index (χ0n) is 11.8. The lowest BCUT2D eigenvalue weighted by Crippen LogP contribution is -2.17. The maximum atomic E-state index is 12.2. The van der Waals surface area contributed by atoms with Crippen molar-refractivity contribution in [1.82, 2.24) is 0 Å². The minimum Gasteiger partial charge on any atom is -0.496 e. The number of hydrogen-bond acceptors (Lipinski definition) is 3. The van der Waals surface area contributed by atoms with Gasteiger partial charge in [-0.3, -0.25) is 4.79 Å². The number of alkyl halides is 3. The Morgan fingerprint density at radius 2 is 1.78 bits per heavy atom. The van der Waals surface area contributed by atoms with Crippen molar-refractivity contribution in [2.75, 3.05) is 12.4 Å². The second kappa shape index (κ2) is 6.91. The largest absolute Gasteiger partial charge is 0.573 e. The van der Waals surface area contributed by atoms with Gasteiger partial charge in [0.2, 0.25) is 0 Å². The van der Waals surface area contributed by atoms with Gasteiger partial charge in [-0.05, 0) is 42.5 Å². The molecule has 0 spiro atoms. The van der Waals surface area contributed by atoms with Crippen LogP contribution < -0.4 is 14.8 Å². The zero-order chi connectivity index (χ0) is 17.0. The standard InChI is InChI=1S/C15H11BrF3NO3/c1-22-13-7-2-9(16)8-12(13)14(21)20-10-3-5-11(6-4-10)23-15(17,18)19/h2-8H,1H3,(H,20,21). The molecule has 4 nitrogen and oxygen atoms in total. The number of rotatable bonds is 4. The van der Waals surface area contributed by atoms with Crippen molar-refractivity contribution in [3.05, 3.63) is 52.5 Å². The van der Waals surface area contributed by atoms with Gasteiger partial charge in [-0.25, -0.2) is 0 Å². The van der Waals surface area contributed by atoms with Crippen molar-refractivity contribution in [1.29, 1.82) is 0 Å². The molecule has 0 aliphatic heterocycles. The molecule has 0 radical (unpaired) electrons. The SMILES string of the molecule is COc1ccc(Br)cc1C(=O)Nc1ccc(OC(F)(F)F)cc1. The van der Waals surface area contributed by atoms with Gasteiger partial charge >= 0.3 is 6.36 Å². The molecule has 0 saturated carbocycles. The molecule has 122 valence electrons. The molecule has 2 aromatic carbocycles. The first-order valence-corrected chi connectivity index (χ1v) is 7.08. The molecule has 0 heterocycles. The highest BCUT2D eigenvalue weighted by molar-refractivity contribution is 9.10. The summed E-state index contributed by atoms with van der Waals surface area (Å²) in [5.41, 5.74) is 0.615. The Balaban J connectivity index is 2.13. The predicted octanol–water partition coefficient (Wildman–Crippen LogP) is 4.61. The van der Waals surface area contributed by atoms with Gasteiger partial charge in [-0.1, -0.05) is 15.9 Å². The second-order valence-corrected chi connectivity index (χ2v) is 5.29. The third kappa shape index (κ3) is 4.88. The number of amides is 1. The molecule has 0 fully saturated rings. The fraction of sp³-hybridized carbons (Fsp3) is 0.133. The summed E-state index contributed by atoms with van der Waals surface area (Å²) < 4.78 is 45.8. The van der Waals surface area contributed by atoms with Crippen LogP contribution in [0.15, 0.2) is 46.9 Å². The summed E-state index contributed by atoms with van der Waals surface area (Å²) in [6.45, 7) is 0. The van der Waals surface area contributed by atoms with E-state index in [-0.39, 0.29) is 11.3 Å². The minimum absolute atomic E-state index is 0.289. The van der Waals surface area contributed by atoms with Crippen LogP contribution in [0.4, 0.5) is 18.9 Å². The average molecular weight is 390 g/mol. The highest BCUT2D eigenvalue weighted by Gasteiger charge is 2.30. The number of methoxy groups -OCH3 is 1. The quantitative estimate of drug-likeness (QED) is 0.830. The van der Waals surface area contributed by atoms with Crippen LogP contribution in [-0.2, 0) is 0 Å². The normalized spacial score (nSPS) is 11.0. The van der Waals surface area contributed by atoms with E-state index < -0.39 is 12.3 Å². The summed E-state index contributed by atoms with van der Waals surface area (Å²) in [7, 11) is 1.43. The Hall–Kier alpha value is -2.22. The van der Waals surface area contributed by atoms with Crippen molar-refractivity contribution in [2.24, 2.45) is 0 Å². The van der Waals surface area contributed by atoms with Crippen molar-refractivity contribution < 1.29 is 27.4 Å². The van der Waals surface area contributed by atoms with E-state index >= 15 is 0 Å². The van der Waals surface area contributed by atoms with E-state index in [1.807, 2.05) is 0 Å². The number of halogens is 4. The smallest absolute Gasteiger partial charge is 0.496 e. The third-order valence-corrected chi connectivity index (χ3v) is 3.25. The average Bonchev–Trinajstić information content (AvgIpc) is 2.47. The van der Waals surface area contributed by atoms with E-state index in [4.69, 9.17) is 4.74 Å². The molecule has 0 aromatic heterocycles. The Morgan fingerprint density at radius 3 is 2.35 bits per heavy atom. The van der Waals surface area contributed by atoms with Crippen LogP contribution in [0, 0.1) is 0 Å². The number of carbonyl (C=O) groups is 1. The van der Waals surface area contributed by atoms with E-state index in [0.717, 1.165) is 12.1 Å². The van der Waals surface area contributed by atoms with Crippen LogP contribution in [0.2, 0.25) is 0 Å². The van der Waals surface area contributed by atoms with Crippen molar-refractivity contribution >= 4 is 27.5 Å².